The van der Waals surface area contributed by atoms with Gasteiger partial charge in [-0.2, -0.15) is 0 Å². The van der Waals surface area contributed by atoms with Gasteiger partial charge in [0.15, 0.2) is 0 Å². The van der Waals surface area contributed by atoms with Crippen molar-refractivity contribution in [2.45, 2.75) is 0 Å². The van der Waals surface area contributed by atoms with E-state index in [1.54, 1.807) is 24.3 Å². The number of carboxylic acids is 1. The van der Waals surface area contributed by atoms with Crippen molar-refractivity contribution in [2.75, 3.05) is 18.7 Å². The summed E-state index contributed by atoms with van der Waals surface area (Å²) in [6.45, 7) is -0.452. The molecule has 0 amide bonds. The topological polar surface area (TPSA) is 70.0 Å². The molecule has 1 aromatic carbocycles. The Hall–Kier alpha value is -1.75. The van der Waals surface area contributed by atoms with E-state index in [1.165, 1.54) is 7.11 Å². The van der Waals surface area contributed by atoms with Crippen LogP contribution in [0.5, 0.6) is 5.75 Å². The Kier molecular flexibility index (Phi) is 3.30. The smallest absolute Gasteiger partial charge is 0.325 e. The highest BCUT2D eigenvalue weighted by atomic mass is 16.5. The molecule has 0 saturated heterocycles. The van der Waals surface area contributed by atoms with E-state index in [4.69, 9.17) is 9.84 Å². The molecule has 0 aromatic heterocycles. The van der Waals surface area contributed by atoms with Crippen LogP contribution in [-0.4, -0.2) is 29.9 Å². The molecule has 5 heteroatoms. The zero-order chi connectivity index (χ0) is 10.6. The molecule has 0 unspecified atom stereocenters. The first-order valence-electron chi connectivity index (χ1n) is 3.95. The van der Waals surface area contributed by atoms with E-state index in [0.717, 1.165) is 0 Å². The molecule has 2 N–H and O–H groups in total. The minimum atomic E-state index is -1.09. The average molecular weight is 197 g/mol. The van der Waals surface area contributed by atoms with Gasteiger partial charge in [-0.1, -0.05) is 0 Å². The summed E-state index contributed by atoms with van der Waals surface area (Å²) < 4.78 is 4.91. The van der Waals surface area contributed by atoms with Crippen molar-refractivity contribution in [2.24, 2.45) is 0 Å². The molecule has 0 saturated carbocycles. The number of rotatable bonds is 4. The molecule has 0 atom stereocenters. The first kappa shape index (κ1) is 10.3. The number of carbonyl (C=O) groups is 1. The van der Waals surface area contributed by atoms with Crippen LogP contribution >= 0.6 is 0 Å². The quantitative estimate of drug-likeness (QED) is 0.704. The predicted octanol–water partition coefficient (Wildman–Crippen LogP) is 0.975. The summed E-state index contributed by atoms with van der Waals surface area (Å²) in [6.07, 6.45) is 0. The second-order valence-corrected chi connectivity index (χ2v) is 2.65. The molecule has 0 spiro atoms. The average Bonchev–Trinajstić information content (AvgIpc) is 2.17. The molecule has 76 valence electrons. The molecule has 0 aliphatic rings. The second-order valence-electron chi connectivity index (χ2n) is 2.65. The molecular weight excluding hydrogens is 186 g/mol. The largest absolute Gasteiger partial charge is 0.497 e. The van der Waals surface area contributed by atoms with Gasteiger partial charge < -0.3 is 9.84 Å². The van der Waals surface area contributed by atoms with Crippen molar-refractivity contribution in [3.05, 3.63) is 24.3 Å². The van der Waals surface area contributed by atoms with Crippen LogP contribution in [0.2, 0.25) is 0 Å². The molecule has 5 nitrogen and oxygen atoms in total. The lowest BCUT2D eigenvalue weighted by molar-refractivity contribution is -0.136. The van der Waals surface area contributed by atoms with E-state index >= 15 is 0 Å². The minimum Gasteiger partial charge on any atom is -0.497 e. The number of hydrogen-bond donors (Lipinski definition) is 2. The fourth-order valence-electron chi connectivity index (χ4n) is 0.974. The number of carboxylic acid groups (broad SMARTS) is 1. The molecule has 0 bridgehead atoms. The van der Waals surface area contributed by atoms with Crippen LogP contribution in [-0.2, 0) is 4.79 Å². The molecular formula is C9H11NO4. The third-order valence-electron chi connectivity index (χ3n) is 1.66. The number of hydroxylamine groups is 1. The summed E-state index contributed by atoms with van der Waals surface area (Å²) in [6, 6.07) is 6.42. The fraction of sp³-hybridized carbons (Fsp3) is 0.222. The fourth-order valence-corrected chi connectivity index (χ4v) is 0.974. The number of anilines is 1. The molecule has 0 fully saturated rings. The molecule has 0 aliphatic heterocycles. The minimum absolute atomic E-state index is 0.410. The number of hydrogen-bond acceptors (Lipinski definition) is 4. The summed E-state index contributed by atoms with van der Waals surface area (Å²) in [4.78, 5) is 10.3. The maximum atomic E-state index is 10.3. The zero-order valence-electron chi connectivity index (χ0n) is 7.67. The maximum Gasteiger partial charge on any atom is 0.325 e. The SMILES string of the molecule is COc1ccc(N(O)CC(=O)O)cc1. The van der Waals surface area contributed by atoms with E-state index in [0.29, 0.717) is 16.5 Å². The normalized spacial score (nSPS) is 9.57. The Labute approximate surface area is 81.1 Å². The highest BCUT2D eigenvalue weighted by Gasteiger charge is 2.06. The standard InChI is InChI=1S/C9H11NO4/c1-14-8-4-2-7(3-5-8)10(13)6-9(11)12/h2-5,13H,6H2,1H3,(H,11,12). The Morgan fingerprint density at radius 1 is 1.43 bits per heavy atom. The summed E-state index contributed by atoms with van der Waals surface area (Å²) in [7, 11) is 1.53. The monoisotopic (exact) mass is 197 g/mol. The number of nitrogens with zero attached hydrogens (tertiary/aromatic N) is 1. The van der Waals surface area contributed by atoms with Crippen molar-refractivity contribution >= 4 is 11.7 Å². The number of benzene rings is 1. The predicted molar refractivity (Wildman–Crippen MR) is 49.8 cm³/mol. The van der Waals surface area contributed by atoms with Gasteiger partial charge in [0.05, 0.1) is 12.8 Å². The molecule has 0 aliphatic carbocycles. The van der Waals surface area contributed by atoms with Crippen molar-refractivity contribution in [1.82, 2.24) is 0 Å². The van der Waals surface area contributed by atoms with Crippen LogP contribution in [0, 0.1) is 0 Å². The first-order valence-corrected chi connectivity index (χ1v) is 3.95. The summed E-state index contributed by atoms with van der Waals surface area (Å²) >= 11 is 0. The van der Waals surface area contributed by atoms with E-state index < -0.39 is 12.5 Å². The van der Waals surface area contributed by atoms with Crippen molar-refractivity contribution in [3.8, 4) is 5.75 Å². The molecule has 1 rings (SSSR count). The lowest BCUT2D eigenvalue weighted by atomic mass is 10.3. The summed E-state index contributed by atoms with van der Waals surface area (Å²) in [5, 5.41) is 18.3. The Balaban J connectivity index is 2.71. The summed E-state index contributed by atoms with van der Waals surface area (Å²) in [5.41, 5.74) is 0.410. The van der Waals surface area contributed by atoms with E-state index in [9.17, 15) is 10.0 Å². The van der Waals surface area contributed by atoms with E-state index in [-0.39, 0.29) is 0 Å². The molecule has 14 heavy (non-hydrogen) atoms. The number of aliphatic carboxylic acids is 1. The third-order valence-corrected chi connectivity index (χ3v) is 1.66. The summed E-state index contributed by atoms with van der Waals surface area (Å²) in [5.74, 6) is -0.444. The van der Waals surface area contributed by atoms with Gasteiger partial charge in [0.2, 0.25) is 0 Å². The van der Waals surface area contributed by atoms with E-state index in [1.807, 2.05) is 0 Å². The van der Waals surface area contributed by atoms with Gasteiger partial charge >= 0.3 is 5.97 Å². The first-order chi connectivity index (χ1) is 6.63. The third kappa shape index (κ3) is 2.63. The maximum absolute atomic E-state index is 10.3. The number of methoxy groups -OCH3 is 1. The van der Waals surface area contributed by atoms with Crippen LogP contribution in [0.25, 0.3) is 0 Å². The van der Waals surface area contributed by atoms with Gasteiger partial charge in [0.25, 0.3) is 0 Å². The van der Waals surface area contributed by atoms with Gasteiger partial charge in [0, 0.05) is 0 Å². The van der Waals surface area contributed by atoms with Crippen LogP contribution in [0.15, 0.2) is 24.3 Å². The highest BCUT2D eigenvalue weighted by molar-refractivity contribution is 5.72. The van der Waals surface area contributed by atoms with Crippen molar-refractivity contribution in [3.63, 3.8) is 0 Å². The van der Waals surface area contributed by atoms with Crippen LogP contribution in [0.4, 0.5) is 5.69 Å². The van der Waals surface area contributed by atoms with Crippen molar-refractivity contribution in [1.29, 1.82) is 0 Å². The van der Waals surface area contributed by atoms with Gasteiger partial charge in [-0.05, 0) is 24.3 Å². The van der Waals surface area contributed by atoms with Crippen LogP contribution in [0.1, 0.15) is 0 Å². The zero-order valence-corrected chi connectivity index (χ0v) is 7.67. The lowest BCUT2D eigenvalue weighted by Crippen LogP contribution is -2.25. The molecule has 0 radical (unpaired) electrons. The highest BCUT2D eigenvalue weighted by Crippen LogP contribution is 2.17. The van der Waals surface area contributed by atoms with Crippen LogP contribution in [0.3, 0.4) is 0 Å². The number of ether oxygens (including phenoxy) is 1. The second kappa shape index (κ2) is 4.48. The van der Waals surface area contributed by atoms with Gasteiger partial charge in [-0.3, -0.25) is 10.0 Å². The Bertz CT molecular complexity index is 309. The van der Waals surface area contributed by atoms with Gasteiger partial charge in [0.1, 0.15) is 12.3 Å². The van der Waals surface area contributed by atoms with Gasteiger partial charge in [-0.25, -0.2) is 5.06 Å². The Morgan fingerprint density at radius 2 is 2.00 bits per heavy atom. The lowest BCUT2D eigenvalue weighted by Gasteiger charge is -2.14. The van der Waals surface area contributed by atoms with Crippen molar-refractivity contribution < 1.29 is 19.8 Å². The molecule has 1 aromatic rings. The van der Waals surface area contributed by atoms with Crippen LogP contribution < -0.4 is 9.80 Å². The Morgan fingerprint density at radius 3 is 2.43 bits per heavy atom. The van der Waals surface area contributed by atoms with E-state index in [2.05, 4.69) is 0 Å². The van der Waals surface area contributed by atoms with Gasteiger partial charge in [-0.15, -0.1) is 0 Å². The molecule has 0 heterocycles.